The highest BCUT2D eigenvalue weighted by Gasteiger charge is 2.25. The number of likely N-dealkylation sites (tertiary alicyclic amines) is 1. The van der Waals surface area contributed by atoms with Crippen LogP contribution in [0.25, 0.3) is 0 Å². The lowest BCUT2D eigenvalue weighted by Gasteiger charge is -2.32. The quantitative estimate of drug-likeness (QED) is 0.879. The molecule has 132 valence electrons. The number of carbonyl (C=O) groups is 2. The zero-order valence-electron chi connectivity index (χ0n) is 13.9. The SMILES string of the molecule is Cn1nccc1C1CCN(C(=O)Nc2ccc(Cl)c(C(N)=O)c2)CC1. The van der Waals surface area contributed by atoms with Gasteiger partial charge in [-0.25, -0.2) is 4.79 Å². The van der Waals surface area contributed by atoms with Gasteiger partial charge in [0.1, 0.15) is 0 Å². The Labute approximate surface area is 150 Å². The summed E-state index contributed by atoms with van der Waals surface area (Å²) >= 11 is 5.92. The van der Waals surface area contributed by atoms with Gasteiger partial charge in [0.05, 0.1) is 10.6 Å². The van der Waals surface area contributed by atoms with Gasteiger partial charge in [-0.15, -0.1) is 0 Å². The predicted octanol–water partition coefficient (Wildman–Crippen LogP) is 2.58. The van der Waals surface area contributed by atoms with Crippen molar-refractivity contribution in [1.29, 1.82) is 0 Å². The highest BCUT2D eigenvalue weighted by atomic mass is 35.5. The van der Waals surface area contributed by atoms with Crippen LogP contribution in [0.15, 0.2) is 30.5 Å². The molecule has 7 nitrogen and oxygen atoms in total. The number of aryl methyl sites for hydroxylation is 1. The van der Waals surface area contributed by atoms with Gasteiger partial charge in [-0.05, 0) is 37.1 Å². The number of urea groups is 1. The number of hydrogen-bond acceptors (Lipinski definition) is 3. The fourth-order valence-corrected chi connectivity index (χ4v) is 3.37. The lowest BCUT2D eigenvalue weighted by molar-refractivity contribution is 0.100. The molecule has 0 bridgehead atoms. The molecular formula is C17H20ClN5O2. The fourth-order valence-electron chi connectivity index (χ4n) is 3.16. The molecule has 1 aliphatic rings. The molecule has 0 aliphatic carbocycles. The summed E-state index contributed by atoms with van der Waals surface area (Å²) in [5, 5.41) is 7.27. The predicted molar refractivity (Wildman–Crippen MR) is 95.7 cm³/mol. The number of nitrogens with two attached hydrogens (primary N) is 1. The normalized spacial score (nSPS) is 15.2. The van der Waals surface area contributed by atoms with Crippen molar-refractivity contribution in [2.75, 3.05) is 18.4 Å². The van der Waals surface area contributed by atoms with Gasteiger partial charge in [0.2, 0.25) is 5.91 Å². The third-order valence-corrected chi connectivity index (χ3v) is 4.87. The van der Waals surface area contributed by atoms with Crippen LogP contribution in [0.1, 0.15) is 34.8 Å². The average Bonchev–Trinajstić information content (AvgIpc) is 3.02. The molecule has 25 heavy (non-hydrogen) atoms. The van der Waals surface area contributed by atoms with E-state index in [0.29, 0.717) is 24.7 Å². The Bertz CT molecular complexity index is 796. The molecule has 3 amide bonds. The molecule has 1 aromatic heterocycles. The number of halogens is 1. The van der Waals surface area contributed by atoms with E-state index in [0.717, 1.165) is 12.8 Å². The van der Waals surface area contributed by atoms with Crippen LogP contribution in [0.3, 0.4) is 0 Å². The molecule has 3 N–H and O–H groups in total. The highest BCUT2D eigenvalue weighted by molar-refractivity contribution is 6.33. The molecule has 0 spiro atoms. The van der Waals surface area contributed by atoms with Gasteiger partial charge in [-0.1, -0.05) is 11.6 Å². The van der Waals surface area contributed by atoms with Crippen molar-refractivity contribution in [1.82, 2.24) is 14.7 Å². The van der Waals surface area contributed by atoms with E-state index in [2.05, 4.69) is 10.4 Å². The van der Waals surface area contributed by atoms with Crippen molar-refractivity contribution in [3.8, 4) is 0 Å². The lowest BCUT2D eigenvalue weighted by Crippen LogP contribution is -2.40. The first-order chi connectivity index (χ1) is 12.0. The van der Waals surface area contributed by atoms with E-state index in [1.165, 1.54) is 11.8 Å². The molecule has 1 fully saturated rings. The molecule has 1 aliphatic heterocycles. The van der Waals surface area contributed by atoms with Gasteiger partial charge in [-0.2, -0.15) is 5.10 Å². The van der Waals surface area contributed by atoms with E-state index in [1.807, 2.05) is 17.8 Å². The van der Waals surface area contributed by atoms with Gasteiger partial charge in [0, 0.05) is 43.6 Å². The minimum atomic E-state index is -0.627. The number of nitrogens with one attached hydrogen (secondary N) is 1. The Morgan fingerprint density at radius 1 is 1.28 bits per heavy atom. The Morgan fingerprint density at radius 2 is 2.00 bits per heavy atom. The molecule has 0 unspecified atom stereocenters. The Balaban J connectivity index is 1.61. The number of rotatable bonds is 3. The zero-order valence-corrected chi connectivity index (χ0v) is 14.7. The summed E-state index contributed by atoms with van der Waals surface area (Å²) in [5.41, 5.74) is 7.16. The van der Waals surface area contributed by atoms with Crippen LogP contribution in [-0.2, 0) is 7.05 Å². The maximum Gasteiger partial charge on any atom is 0.321 e. The van der Waals surface area contributed by atoms with Crippen molar-refractivity contribution in [2.45, 2.75) is 18.8 Å². The second-order valence-electron chi connectivity index (χ2n) is 6.13. The number of hydrogen-bond donors (Lipinski definition) is 2. The molecule has 1 aromatic carbocycles. The molecule has 0 radical (unpaired) electrons. The largest absolute Gasteiger partial charge is 0.366 e. The van der Waals surface area contributed by atoms with Gasteiger partial charge in [0.25, 0.3) is 0 Å². The van der Waals surface area contributed by atoms with Crippen molar-refractivity contribution < 1.29 is 9.59 Å². The molecule has 8 heteroatoms. The highest BCUT2D eigenvalue weighted by Crippen LogP contribution is 2.28. The fraction of sp³-hybridized carbons (Fsp3) is 0.353. The van der Waals surface area contributed by atoms with Crippen LogP contribution in [0.5, 0.6) is 0 Å². The first-order valence-electron chi connectivity index (χ1n) is 8.09. The smallest absolute Gasteiger partial charge is 0.321 e. The van der Waals surface area contributed by atoms with Crippen LogP contribution >= 0.6 is 11.6 Å². The van der Waals surface area contributed by atoms with E-state index in [4.69, 9.17) is 17.3 Å². The molecule has 3 rings (SSSR count). The van der Waals surface area contributed by atoms with Crippen molar-refractivity contribution in [2.24, 2.45) is 12.8 Å². The van der Waals surface area contributed by atoms with Crippen molar-refractivity contribution in [3.63, 3.8) is 0 Å². The maximum absolute atomic E-state index is 12.4. The van der Waals surface area contributed by atoms with E-state index in [1.54, 1.807) is 23.2 Å². The standard InChI is InChI=1S/C17H20ClN5O2/c1-22-15(4-7-20-22)11-5-8-23(9-6-11)17(25)21-12-2-3-14(18)13(10-12)16(19)24/h2-4,7,10-11H,5-6,8-9H2,1H3,(H2,19,24)(H,21,25). The van der Waals surface area contributed by atoms with Crippen molar-refractivity contribution >= 4 is 29.2 Å². The van der Waals surface area contributed by atoms with E-state index in [-0.39, 0.29) is 16.6 Å². The van der Waals surface area contributed by atoms with Crippen LogP contribution < -0.4 is 11.1 Å². The first kappa shape index (κ1) is 17.3. The van der Waals surface area contributed by atoms with Crippen LogP contribution in [0.2, 0.25) is 5.02 Å². The van der Waals surface area contributed by atoms with Gasteiger partial charge in [0.15, 0.2) is 0 Å². The van der Waals surface area contributed by atoms with Crippen LogP contribution in [-0.4, -0.2) is 39.7 Å². The van der Waals surface area contributed by atoms with Crippen LogP contribution in [0, 0.1) is 0 Å². The Morgan fingerprint density at radius 3 is 2.60 bits per heavy atom. The summed E-state index contributed by atoms with van der Waals surface area (Å²) in [6.07, 6.45) is 3.57. The van der Waals surface area contributed by atoms with Crippen LogP contribution in [0.4, 0.5) is 10.5 Å². The lowest BCUT2D eigenvalue weighted by atomic mass is 9.93. The number of amides is 3. The van der Waals surface area contributed by atoms with E-state index >= 15 is 0 Å². The molecule has 1 saturated heterocycles. The number of anilines is 1. The molecule has 0 saturated carbocycles. The van der Waals surface area contributed by atoms with E-state index < -0.39 is 5.91 Å². The maximum atomic E-state index is 12.4. The van der Waals surface area contributed by atoms with Gasteiger partial charge < -0.3 is 16.0 Å². The number of primary amides is 1. The van der Waals surface area contributed by atoms with E-state index in [9.17, 15) is 9.59 Å². The summed E-state index contributed by atoms with van der Waals surface area (Å²) in [4.78, 5) is 25.6. The summed E-state index contributed by atoms with van der Waals surface area (Å²) < 4.78 is 1.89. The minimum absolute atomic E-state index is 0.189. The monoisotopic (exact) mass is 361 g/mol. The summed E-state index contributed by atoms with van der Waals surface area (Å²) in [6.45, 7) is 1.33. The number of aromatic nitrogens is 2. The first-order valence-corrected chi connectivity index (χ1v) is 8.46. The van der Waals surface area contributed by atoms with Crippen molar-refractivity contribution in [3.05, 3.63) is 46.7 Å². The second-order valence-corrected chi connectivity index (χ2v) is 6.54. The molecule has 0 atom stereocenters. The summed E-state index contributed by atoms with van der Waals surface area (Å²) in [6, 6.07) is 6.52. The Hall–Kier alpha value is -2.54. The molecule has 2 heterocycles. The number of carbonyl (C=O) groups excluding carboxylic acids is 2. The molecule has 2 aromatic rings. The third-order valence-electron chi connectivity index (χ3n) is 4.54. The Kier molecular flexibility index (Phi) is 4.94. The molecular weight excluding hydrogens is 342 g/mol. The number of benzene rings is 1. The third kappa shape index (κ3) is 3.76. The summed E-state index contributed by atoms with van der Waals surface area (Å²) in [5.74, 6) is -0.216. The van der Waals surface area contributed by atoms with Gasteiger partial charge in [-0.3, -0.25) is 9.48 Å². The minimum Gasteiger partial charge on any atom is -0.366 e. The number of piperidine rings is 1. The second kappa shape index (κ2) is 7.14. The zero-order chi connectivity index (χ0) is 18.0. The van der Waals surface area contributed by atoms with Gasteiger partial charge >= 0.3 is 6.03 Å². The topological polar surface area (TPSA) is 93.2 Å². The summed E-state index contributed by atoms with van der Waals surface area (Å²) in [7, 11) is 1.94. The number of nitrogens with zero attached hydrogens (tertiary/aromatic N) is 3. The average molecular weight is 362 g/mol.